The van der Waals surface area contributed by atoms with E-state index in [-0.39, 0.29) is 30.4 Å². The minimum atomic E-state index is -1.68. The van der Waals surface area contributed by atoms with Gasteiger partial charge in [-0.25, -0.2) is 0 Å². The van der Waals surface area contributed by atoms with Gasteiger partial charge in [-0.15, -0.1) is 0 Å². The van der Waals surface area contributed by atoms with Crippen LogP contribution in [-0.4, -0.2) is 29.0 Å². The summed E-state index contributed by atoms with van der Waals surface area (Å²) in [6, 6.07) is 5.97. The zero-order chi connectivity index (χ0) is 20.6. The van der Waals surface area contributed by atoms with Crippen LogP contribution in [0.25, 0.3) is 5.20 Å². The first-order valence-electron chi connectivity index (χ1n) is 10.2. The van der Waals surface area contributed by atoms with Crippen LogP contribution >= 0.6 is 0 Å². The molecule has 0 bridgehead atoms. The van der Waals surface area contributed by atoms with Crippen LogP contribution in [0, 0.1) is 0 Å². The predicted octanol–water partition coefficient (Wildman–Crippen LogP) is 0.451. The van der Waals surface area contributed by atoms with Gasteiger partial charge in [0, 0.05) is 0 Å². The first-order valence-corrected chi connectivity index (χ1v) is 21.3. The van der Waals surface area contributed by atoms with E-state index in [1.807, 2.05) is 5.20 Å². The average Bonchev–Trinajstić information content (AvgIpc) is 3.00. The number of anilines is 1. The molecule has 2 atom stereocenters. The number of benzene rings is 1. The summed E-state index contributed by atoms with van der Waals surface area (Å²) in [7, 11) is -4.29. The van der Waals surface area contributed by atoms with Crippen molar-refractivity contribution < 1.29 is 49.7 Å². The molecule has 1 aromatic carbocycles. The molecule has 0 spiro atoms. The van der Waals surface area contributed by atoms with Crippen molar-refractivity contribution in [3.8, 4) is 5.75 Å². The summed E-state index contributed by atoms with van der Waals surface area (Å²) >= 11 is 2.44. The van der Waals surface area contributed by atoms with Gasteiger partial charge in [0.25, 0.3) is 0 Å². The van der Waals surface area contributed by atoms with Crippen molar-refractivity contribution in [1.82, 2.24) is 0 Å². The van der Waals surface area contributed by atoms with Crippen molar-refractivity contribution in [2.24, 2.45) is 0 Å². The van der Waals surface area contributed by atoms with E-state index in [0.717, 1.165) is 5.75 Å². The molecule has 1 aromatic rings. The van der Waals surface area contributed by atoms with Gasteiger partial charge in [-0.1, -0.05) is 0 Å². The number of hydrogen-bond donors (Lipinski definition) is 1. The predicted molar refractivity (Wildman–Crippen MR) is 123 cm³/mol. The Kier molecular flexibility index (Phi) is 8.03. The van der Waals surface area contributed by atoms with E-state index in [1.165, 1.54) is 22.9 Å². The van der Waals surface area contributed by atoms with Gasteiger partial charge in [0.15, 0.2) is 0 Å². The number of hydrogen-bond acceptors (Lipinski definition) is 2. The third-order valence-corrected chi connectivity index (χ3v) is 26.8. The molecule has 0 aromatic heterocycles. The van der Waals surface area contributed by atoms with Gasteiger partial charge >= 0.3 is 182 Å². The summed E-state index contributed by atoms with van der Waals surface area (Å²) < 4.78 is 7.17. The second-order valence-electron chi connectivity index (χ2n) is 11.1. The molecular formula is C21H36Cl2NOSi3Ti. The van der Waals surface area contributed by atoms with Crippen molar-refractivity contribution >= 4 is 34.4 Å². The van der Waals surface area contributed by atoms with E-state index in [9.17, 15) is 0 Å². The second kappa shape index (κ2) is 8.45. The first-order chi connectivity index (χ1) is 12.1. The molecule has 2 aliphatic rings. The van der Waals surface area contributed by atoms with Crippen LogP contribution in [0.4, 0.5) is 5.69 Å². The molecule has 0 fully saturated rings. The van der Waals surface area contributed by atoms with Gasteiger partial charge in [-0.05, 0) is 0 Å². The Balaban J connectivity index is 0.00000210. The fourth-order valence-corrected chi connectivity index (χ4v) is 21.5. The van der Waals surface area contributed by atoms with Gasteiger partial charge in [-0.2, -0.15) is 0 Å². The maximum Gasteiger partial charge on any atom is -1.00 e. The Labute approximate surface area is 205 Å². The Morgan fingerprint density at radius 3 is 2.10 bits per heavy atom. The summed E-state index contributed by atoms with van der Waals surface area (Å²) in [6.45, 7) is 23.9. The topological polar surface area (TPSA) is 21.3 Å². The van der Waals surface area contributed by atoms with Gasteiger partial charge in [0.1, 0.15) is 0 Å². The third-order valence-electron chi connectivity index (χ3n) is 6.45. The average molecular weight is 522 g/mol. The van der Waals surface area contributed by atoms with Gasteiger partial charge in [0.05, 0.1) is 0 Å². The second-order valence-corrected chi connectivity index (χ2v) is 31.2. The third kappa shape index (κ3) is 4.67. The molecule has 2 nitrogen and oxygen atoms in total. The smallest absolute Gasteiger partial charge is 1.00 e. The van der Waals surface area contributed by atoms with E-state index >= 15 is 0 Å². The molecule has 29 heavy (non-hydrogen) atoms. The first kappa shape index (κ1) is 27.5. The molecular weight excluding hydrogens is 485 g/mol. The molecule has 0 saturated carbocycles. The molecule has 1 aliphatic carbocycles. The molecule has 161 valence electrons. The van der Waals surface area contributed by atoms with E-state index in [2.05, 4.69) is 105 Å². The molecule has 1 N–H and O–H groups in total. The monoisotopic (exact) mass is 520 g/mol. The van der Waals surface area contributed by atoms with Crippen LogP contribution in [0.3, 0.4) is 0 Å². The zero-order valence-electron chi connectivity index (χ0n) is 19.6. The van der Waals surface area contributed by atoms with Crippen LogP contribution in [0.1, 0.15) is 43.0 Å². The molecule has 2 unspecified atom stereocenters. The van der Waals surface area contributed by atoms with Crippen molar-refractivity contribution in [2.75, 3.05) is 5.32 Å². The number of fused-ring (bicyclic) bond motifs is 2. The summed E-state index contributed by atoms with van der Waals surface area (Å²) in [6.07, 6.45) is 0. The quantitative estimate of drug-likeness (QED) is 0.569. The van der Waals surface area contributed by atoms with Crippen molar-refractivity contribution in [2.45, 2.75) is 82.8 Å². The Bertz CT molecular complexity index is 830. The zero-order valence-corrected chi connectivity index (χ0v) is 25.7. The van der Waals surface area contributed by atoms with Crippen molar-refractivity contribution in [1.29, 1.82) is 0 Å². The molecule has 0 saturated heterocycles. The molecule has 3 rings (SSSR count). The number of rotatable bonds is 5. The Morgan fingerprint density at radius 2 is 1.66 bits per heavy atom. The van der Waals surface area contributed by atoms with E-state index in [0.29, 0.717) is 4.22 Å². The van der Waals surface area contributed by atoms with Crippen LogP contribution in [0.2, 0.25) is 45.3 Å². The van der Waals surface area contributed by atoms with Gasteiger partial charge in [-0.3, -0.25) is 0 Å². The summed E-state index contributed by atoms with van der Waals surface area (Å²) in [5, 5.41) is 7.51. The minimum absolute atomic E-state index is 0. The maximum atomic E-state index is 6.57. The molecule has 0 amide bonds. The Hall–Kier alpha value is 0.505. The molecule has 1 aliphatic heterocycles. The SMILES string of the molecule is CC[Si](C)(C)[Si]1(C)C2=C1[CH]([Ti+2])c1ccc(O[Si](C)(C)C)c(NC(C)(C)C)c12.[Cl-].[Cl-]. The normalized spacial score (nSPS) is 23.0. The molecule has 8 heteroatoms. The van der Waals surface area contributed by atoms with Gasteiger partial charge in [0.2, 0.25) is 0 Å². The summed E-state index contributed by atoms with van der Waals surface area (Å²) in [5.41, 5.74) is 4.35. The van der Waals surface area contributed by atoms with Crippen LogP contribution in [0.15, 0.2) is 17.3 Å². The summed E-state index contributed by atoms with van der Waals surface area (Å²) in [5.74, 6) is 1.07. The number of nitrogens with one attached hydrogen (secondary N) is 1. The Morgan fingerprint density at radius 1 is 1.10 bits per heavy atom. The number of allylic oxidation sites excluding steroid dienone is 1. The number of halogens is 2. The fourth-order valence-electron chi connectivity index (χ4n) is 4.45. The molecule has 1 heterocycles. The standard InChI is InChI=1S/C21H36NOSi3.2ClH.Ti/c1-11-25(8,9)26(10)17-14-15-12-13-16(23-24(5,6)7)19(18(15)20(17)26)22-21(2,3)4;;;/h12-14,22H,11H2,1-10H3;2*1H;/q;;;+2/p-2. The van der Waals surface area contributed by atoms with Crippen molar-refractivity contribution in [3.05, 3.63) is 28.5 Å². The van der Waals surface area contributed by atoms with Crippen molar-refractivity contribution in [3.63, 3.8) is 0 Å². The fraction of sp³-hybridized carbons (Fsp3) is 0.619. The van der Waals surface area contributed by atoms with Crippen LogP contribution < -0.4 is 34.6 Å². The summed E-state index contributed by atoms with van der Waals surface area (Å²) in [4.78, 5) is 0. The maximum absolute atomic E-state index is 6.57. The van der Waals surface area contributed by atoms with E-state index < -0.39 is 23.5 Å². The van der Waals surface area contributed by atoms with Crippen LogP contribution in [0.5, 0.6) is 5.75 Å². The largest absolute Gasteiger partial charge is 1.00 e. The molecule has 0 radical (unpaired) electrons. The van der Waals surface area contributed by atoms with Gasteiger partial charge < -0.3 is 24.8 Å². The van der Waals surface area contributed by atoms with E-state index in [1.54, 1.807) is 5.20 Å². The van der Waals surface area contributed by atoms with E-state index in [4.69, 9.17) is 4.43 Å². The minimum Gasteiger partial charge on any atom is -1.00 e. The van der Waals surface area contributed by atoms with Crippen LogP contribution in [-0.2, 0) is 20.4 Å².